The molecule has 3 nitrogen and oxygen atoms in total. The predicted octanol–water partition coefficient (Wildman–Crippen LogP) is 4.45. The summed E-state index contributed by atoms with van der Waals surface area (Å²) in [7, 11) is 1.45. The maximum absolute atomic E-state index is 13.0. The Kier molecular flexibility index (Phi) is 5.04. The second-order valence-corrected chi connectivity index (χ2v) is 4.89. The molecule has 21 heavy (non-hydrogen) atoms. The van der Waals surface area contributed by atoms with E-state index in [-0.39, 0.29) is 22.9 Å². The molecule has 0 spiro atoms. The van der Waals surface area contributed by atoms with Crippen LogP contribution in [0.5, 0.6) is 11.5 Å². The summed E-state index contributed by atoms with van der Waals surface area (Å²) in [5.41, 5.74) is 0.770. The molecular weight excluding hydrogens is 318 g/mol. The van der Waals surface area contributed by atoms with Gasteiger partial charge in [-0.3, -0.25) is 4.79 Å². The number of hydrogen-bond acceptors (Lipinski definition) is 3. The van der Waals surface area contributed by atoms with Crippen LogP contribution in [0, 0.1) is 5.82 Å². The van der Waals surface area contributed by atoms with Crippen LogP contribution in [-0.4, -0.2) is 12.4 Å². The lowest BCUT2D eigenvalue weighted by Gasteiger charge is -2.13. The third-order valence-corrected chi connectivity index (χ3v) is 3.35. The first-order valence-corrected chi connectivity index (χ1v) is 6.72. The molecule has 0 N–H and O–H groups in total. The van der Waals surface area contributed by atoms with Gasteiger partial charge in [0.25, 0.3) is 5.24 Å². The fourth-order valence-corrected chi connectivity index (χ4v) is 2.14. The number of halogens is 3. The zero-order valence-corrected chi connectivity index (χ0v) is 12.5. The molecule has 0 saturated carbocycles. The minimum Gasteiger partial charge on any atom is -0.493 e. The summed E-state index contributed by atoms with van der Waals surface area (Å²) in [5.74, 6) is 0.165. The third-order valence-electron chi connectivity index (χ3n) is 2.80. The lowest BCUT2D eigenvalue weighted by Crippen LogP contribution is -2.03. The predicted molar refractivity (Wildman–Crippen MR) is 78.9 cm³/mol. The molecule has 2 aromatic rings. The van der Waals surface area contributed by atoms with Crippen LogP contribution in [0.2, 0.25) is 5.02 Å². The van der Waals surface area contributed by atoms with E-state index in [1.807, 2.05) is 0 Å². The van der Waals surface area contributed by atoms with E-state index in [1.54, 1.807) is 12.1 Å². The molecule has 0 heterocycles. The number of hydrogen-bond donors (Lipinski definition) is 0. The minimum absolute atomic E-state index is 0.0522. The zero-order chi connectivity index (χ0) is 15.4. The molecule has 0 fully saturated rings. The summed E-state index contributed by atoms with van der Waals surface area (Å²) < 4.78 is 23.7. The molecule has 0 amide bonds. The quantitative estimate of drug-likeness (QED) is 0.761. The smallest absolute Gasteiger partial charge is 0.256 e. The average molecular weight is 329 g/mol. The number of carbonyl (C=O) groups excluding carboxylic acids is 1. The van der Waals surface area contributed by atoms with Gasteiger partial charge in [0.1, 0.15) is 12.4 Å². The van der Waals surface area contributed by atoms with Crippen LogP contribution >= 0.6 is 23.2 Å². The number of benzene rings is 2. The second-order valence-electron chi connectivity index (χ2n) is 4.14. The van der Waals surface area contributed by atoms with E-state index >= 15 is 0 Å². The van der Waals surface area contributed by atoms with Crippen LogP contribution in [0.4, 0.5) is 4.39 Å². The summed E-state index contributed by atoms with van der Waals surface area (Å²) in [5, 5.41) is -0.419. The Hall–Kier alpha value is -1.78. The van der Waals surface area contributed by atoms with Crippen LogP contribution in [0.25, 0.3) is 0 Å². The third kappa shape index (κ3) is 3.65. The molecule has 110 valence electrons. The molecule has 0 aromatic heterocycles. The van der Waals surface area contributed by atoms with Crippen molar-refractivity contribution in [2.24, 2.45) is 0 Å². The first-order chi connectivity index (χ1) is 10.0. The van der Waals surface area contributed by atoms with Gasteiger partial charge in [-0.1, -0.05) is 23.7 Å². The molecule has 0 atom stereocenters. The maximum atomic E-state index is 13.0. The highest BCUT2D eigenvalue weighted by atomic mass is 35.5. The van der Waals surface area contributed by atoms with Crippen LogP contribution in [0.3, 0.4) is 0 Å². The minimum atomic E-state index is -0.658. The monoisotopic (exact) mass is 328 g/mol. The molecule has 0 unspecified atom stereocenters. The van der Waals surface area contributed by atoms with E-state index < -0.39 is 11.1 Å². The fourth-order valence-electron chi connectivity index (χ4n) is 1.77. The van der Waals surface area contributed by atoms with E-state index in [0.29, 0.717) is 11.3 Å². The van der Waals surface area contributed by atoms with Gasteiger partial charge in [0.15, 0.2) is 11.5 Å². The molecule has 2 aromatic carbocycles. The molecular formula is C15H11Cl2FO3. The van der Waals surface area contributed by atoms with E-state index in [4.69, 9.17) is 32.7 Å². The highest BCUT2D eigenvalue weighted by molar-refractivity contribution is 6.68. The Bertz CT molecular complexity index is 674. The van der Waals surface area contributed by atoms with Crippen LogP contribution < -0.4 is 9.47 Å². The standard InChI is InChI=1S/C15H11Cl2FO3/c1-20-13-4-2-3-11(15(17)19)14(13)21-8-9-5-6-10(18)7-12(9)16/h2-7H,8H2,1H3. The summed E-state index contributed by atoms with van der Waals surface area (Å²) >= 11 is 11.4. The molecule has 2 rings (SSSR count). The van der Waals surface area contributed by atoms with Crippen molar-refractivity contribution < 1.29 is 18.7 Å². The molecule has 0 radical (unpaired) electrons. The molecule has 6 heteroatoms. The van der Waals surface area contributed by atoms with Gasteiger partial charge in [-0.15, -0.1) is 0 Å². The summed E-state index contributed by atoms with van der Waals surface area (Å²) in [6.45, 7) is 0.0522. The second kappa shape index (κ2) is 6.78. The van der Waals surface area contributed by atoms with Crippen LogP contribution in [-0.2, 0) is 6.61 Å². The van der Waals surface area contributed by atoms with Crippen molar-refractivity contribution in [1.82, 2.24) is 0 Å². The van der Waals surface area contributed by atoms with Gasteiger partial charge in [-0.2, -0.15) is 0 Å². The molecule has 0 aliphatic rings. The summed E-state index contributed by atoms with van der Waals surface area (Å²) in [6, 6.07) is 8.78. The van der Waals surface area contributed by atoms with Crippen molar-refractivity contribution in [1.29, 1.82) is 0 Å². The van der Waals surface area contributed by atoms with Gasteiger partial charge in [-0.25, -0.2) is 4.39 Å². The van der Waals surface area contributed by atoms with Crippen LogP contribution in [0.15, 0.2) is 36.4 Å². The molecule has 0 aliphatic carbocycles. The van der Waals surface area contributed by atoms with E-state index in [0.717, 1.165) is 0 Å². The number of rotatable bonds is 5. The van der Waals surface area contributed by atoms with Gasteiger partial charge in [-0.05, 0) is 35.9 Å². The van der Waals surface area contributed by atoms with Crippen molar-refractivity contribution >= 4 is 28.4 Å². The lowest BCUT2D eigenvalue weighted by molar-refractivity contribution is 0.107. The van der Waals surface area contributed by atoms with Crippen molar-refractivity contribution in [2.45, 2.75) is 6.61 Å². The Morgan fingerprint density at radius 3 is 2.67 bits per heavy atom. The highest BCUT2D eigenvalue weighted by Gasteiger charge is 2.16. The summed E-state index contributed by atoms with van der Waals surface area (Å²) in [6.07, 6.45) is 0. The first kappa shape index (κ1) is 15.6. The molecule has 0 aliphatic heterocycles. The average Bonchev–Trinajstić information content (AvgIpc) is 2.45. The van der Waals surface area contributed by atoms with Gasteiger partial charge >= 0.3 is 0 Å². The number of ether oxygens (including phenoxy) is 2. The van der Waals surface area contributed by atoms with Gasteiger partial charge in [0.05, 0.1) is 17.7 Å². The Balaban J connectivity index is 2.28. The Morgan fingerprint density at radius 1 is 1.29 bits per heavy atom. The van der Waals surface area contributed by atoms with E-state index in [2.05, 4.69) is 0 Å². The number of carbonyl (C=O) groups is 1. The van der Waals surface area contributed by atoms with Gasteiger partial charge in [0.2, 0.25) is 0 Å². The summed E-state index contributed by atoms with van der Waals surface area (Å²) in [4.78, 5) is 11.4. The maximum Gasteiger partial charge on any atom is 0.256 e. The molecule has 0 saturated heterocycles. The Labute approximate surface area is 131 Å². The largest absolute Gasteiger partial charge is 0.493 e. The van der Waals surface area contributed by atoms with Gasteiger partial charge < -0.3 is 9.47 Å². The normalized spacial score (nSPS) is 10.3. The van der Waals surface area contributed by atoms with E-state index in [9.17, 15) is 9.18 Å². The SMILES string of the molecule is COc1cccc(C(=O)Cl)c1OCc1ccc(F)cc1Cl. The first-order valence-electron chi connectivity index (χ1n) is 5.96. The highest BCUT2D eigenvalue weighted by Crippen LogP contribution is 2.33. The van der Waals surface area contributed by atoms with Crippen molar-refractivity contribution in [3.05, 3.63) is 58.4 Å². The van der Waals surface area contributed by atoms with Crippen LogP contribution in [0.1, 0.15) is 15.9 Å². The molecule has 0 bridgehead atoms. The van der Waals surface area contributed by atoms with Gasteiger partial charge in [0, 0.05) is 5.56 Å². The lowest BCUT2D eigenvalue weighted by atomic mass is 10.2. The van der Waals surface area contributed by atoms with Crippen molar-refractivity contribution in [3.63, 3.8) is 0 Å². The zero-order valence-electron chi connectivity index (χ0n) is 11.0. The topological polar surface area (TPSA) is 35.5 Å². The Morgan fingerprint density at radius 2 is 2.05 bits per heavy atom. The van der Waals surface area contributed by atoms with Crippen molar-refractivity contribution in [2.75, 3.05) is 7.11 Å². The van der Waals surface area contributed by atoms with E-state index in [1.165, 1.54) is 31.4 Å². The number of methoxy groups -OCH3 is 1. The number of para-hydroxylation sites is 1. The fraction of sp³-hybridized carbons (Fsp3) is 0.133. The van der Waals surface area contributed by atoms with Crippen molar-refractivity contribution in [3.8, 4) is 11.5 Å².